The van der Waals surface area contributed by atoms with Crippen molar-refractivity contribution in [1.29, 1.82) is 0 Å². The maximum absolute atomic E-state index is 12.3. The predicted octanol–water partition coefficient (Wildman–Crippen LogP) is 1.80. The summed E-state index contributed by atoms with van der Waals surface area (Å²) < 4.78 is 5.21. The number of aryl methyl sites for hydroxylation is 1. The van der Waals surface area contributed by atoms with Gasteiger partial charge in [-0.25, -0.2) is 0 Å². The molecule has 0 saturated carbocycles. The summed E-state index contributed by atoms with van der Waals surface area (Å²) in [6.45, 7) is 2.36. The van der Waals surface area contributed by atoms with E-state index in [-0.39, 0.29) is 5.91 Å². The topological polar surface area (TPSA) is 53.7 Å². The van der Waals surface area contributed by atoms with Crippen molar-refractivity contribution in [3.63, 3.8) is 0 Å². The van der Waals surface area contributed by atoms with Crippen LogP contribution in [0.2, 0.25) is 0 Å². The molecule has 0 unspecified atom stereocenters. The summed E-state index contributed by atoms with van der Waals surface area (Å²) in [4.78, 5) is 13.9. The quantitative estimate of drug-likeness (QED) is 0.909. The van der Waals surface area contributed by atoms with Gasteiger partial charge in [-0.05, 0) is 37.3 Å². The lowest BCUT2D eigenvalue weighted by atomic mass is 9.95. The Morgan fingerprint density at radius 1 is 1.56 bits per heavy atom. The van der Waals surface area contributed by atoms with E-state index in [9.17, 15) is 9.90 Å². The first-order valence-corrected chi connectivity index (χ1v) is 7.27. The van der Waals surface area contributed by atoms with E-state index >= 15 is 0 Å². The van der Waals surface area contributed by atoms with Gasteiger partial charge in [-0.2, -0.15) is 11.8 Å². The normalized spacial score (nSPS) is 18.6. The van der Waals surface area contributed by atoms with Crippen molar-refractivity contribution in [1.82, 2.24) is 4.90 Å². The number of furan rings is 1. The van der Waals surface area contributed by atoms with Crippen LogP contribution in [0, 0.1) is 6.92 Å². The van der Waals surface area contributed by atoms with Gasteiger partial charge in [0.2, 0.25) is 0 Å². The largest absolute Gasteiger partial charge is 0.469 e. The van der Waals surface area contributed by atoms with Crippen molar-refractivity contribution in [2.45, 2.75) is 31.9 Å². The standard InChI is InChI=1S/C13H19NO3S/c1-10-11(3-6-17-10)9-14(2)12(15)13(16)4-7-18-8-5-13/h3,6,16H,4-5,7-9H2,1-2H3. The number of carbonyl (C=O) groups is 1. The fourth-order valence-corrected chi connectivity index (χ4v) is 3.35. The fraction of sp³-hybridized carbons (Fsp3) is 0.615. The number of thioether (sulfide) groups is 1. The van der Waals surface area contributed by atoms with Gasteiger partial charge in [0.15, 0.2) is 0 Å². The van der Waals surface area contributed by atoms with Crippen molar-refractivity contribution >= 4 is 17.7 Å². The van der Waals surface area contributed by atoms with Gasteiger partial charge in [0.25, 0.3) is 5.91 Å². The smallest absolute Gasteiger partial charge is 0.254 e. The molecule has 0 bridgehead atoms. The number of aliphatic hydroxyl groups is 1. The van der Waals surface area contributed by atoms with Crippen LogP contribution in [0.1, 0.15) is 24.2 Å². The van der Waals surface area contributed by atoms with Crippen LogP contribution in [0.5, 0.6) is 0 Å². The lowest BCUT2D eigenvalue weighted by Gasteiger charge is -2.33. The Morgan fingerprint density at radius 2 is 2.22 bits per heavy atom. The minimum atomic E-state index is -1.17. The summed E-state index contributed by atoms with van der Waals surface area (Å²) in [5.74, 6) is 2.34. The minimum absolute atomic E-state index is 0.177. The van der Waals surface area contributed by atoms with E-state index in [4.69, 9.17) is 4.42 Å². The van der Waals surface area contributed by atoms with E-state index in [1.54, 1.807) is 30.0 Å². The predicted molar refractivity (Wildman–Crippen MR) is 71.4 cm³/mol. The van der Waals surface area contributed by atoms with E-state index in [1.165, 1.54) is 0 Å². The van der Waals surface area contributed by atoms with Crippen LogP contribution >= 0.6 is 11.8 Å². The van der Waals surface area contributed by atoms with Crippen LogP contribution < -0.4 is 0 Å². The van der Waals surface area contributed by atoms with Crippen LogP contribution in [-0.2, 0) is 11.3 Å². The minimum Gasteiger partial charge on any atom is -0.469 e. The number of likely N-dealkylation sites (N-methyl/N-ethyl adjacent to an activating group) is 1. The molecule has 4 nitrogen and oxygen atoms in total. The number of amides is 1. The average Bonchev–Trinajstić information content (AvgIpc) is 2.75. The van der Waals surface area contributed by atoms with E-state index in [0.29, 0.717) is 19.4 Å². The molecule has 0 aromatic carbocycles. The molecular weight excluding hydrogens is 250 g/mol. The van der Waals surface area contributed by atoms with E-state index in [1.807, 2.05) is 13.0 Å². The number of hydrogen-bond donors (Lipinski definition) is 1. The van der Waals surface area contributed by atoms with Gasteiger partial charge < -0.3 is 14.4 Å². The molecule has 0 spiro atoms. The third kappa shape index (κ3) is 2.72. The molecule has 2 heterocycles. The second-order valence-electron chi connectivity index (χ2n) is 4.81. The lowest BCUT2D eigenvalue weighted by Crippen LogP contribution is -2.49. The molecule has 1 aliphatic heterocycles. The highest BCUT2D eigenvalue weighted by atomic mass is 32.2. The monoisotopic (exact) mass is 269 g/mol. The molecule has 0 radical (unpaired) electrons. The summed E-state index contributed by atoms with van der Waals surface area (Å²) in [7, 11) is 1.73. The van der Waals surface area contributed by atoms with Crippen LogP contribution in [0.25, 0.3) is 0 Å². The summed E-state index contributed by atoms with van der Waals surface area (Å²) in [5.41, 5.74) is -0.183. The molecule has 1 aromatic rings. The third-order valence-corrected chi connectivity index (χ3v) is 4.42. The van der Waals surface area contributed by atoms with Crippen molar-refractivity contribution in [2.75, 3.05) is 18.6 Å². The fourth-order valence-electron chi connectivity index (χ4n) is 2.18. The van der Waals surface area contributed by atoms with Gasteiger partial charge in [-0.3, -0.25) is 4.79 Å². The maximum atomic E-state index is 12.3. The van der Waals surface area contributed by atoms with Crippen molar-refractivity contribution in [3.8, 4) is 0 Å². The Balaban J connectivity index is 2.02. The molecule has 1 aliphatic rings. The van der Waals surface area contributed by atoms with Gasteiger partial charge in [0.05, 0.1) is 6.26 Å². The zero-order chi connectivity index (χ0) is 13.2. The Bertz CT molecular complexity index is 424. The molecule has 0 aliphatic carbocycles. The number of rotatable bonds is 3. The molecule has 1 aromatic heterocycles. The van der Waals surface area contributed by atoms with Crippen LogP contribution in [0.15, 0.2) is 16.7 Å². The highest BCUT2D eigenvalue weighted by Crippen LogP contribution is 2.29. The SMILES string of the molecule is Cc1occc1CN(C)C(=O)C1(O)CCSCC1. The first-order chi connectivity index (χ1) is 8.53. The number of hydrogen-bond acceptors (Lipinski definition) is 4. The average molecular weight is 269 g/mol. The Kier molecular flexibility index (Phi) is 4.02. The number of carbonyl (C=O) groups excluding carboxylic acids is 1. The molecule has 100 valence electrons. The summed E-state index contributed by atoms with van der Waals surface area (Å²) >= 11 is 1.79. The van der Waals surface area contributed by atoms with E-state index < -0.39 is 5.60 Å². The van der Waals surface area contributed by atoms with Gasteiger partial charge in [-0.1, -0.05) is 0 Å². The Morgan fingerprint density at radius 3 is 2.78 bits per heavy atom. The van der Waals surface area contributed by atoms with Crippen molar-refractivity contribution in [3.05, 3.63) is 23.7 Å². The zero-order valence-electron chi connectivity index (χ0n) is 10.8. The zero-order valence-corrected chi connectivity index (χ0v) is 11.6. The van der Waals surface area contributed by atoms with E-state index in [2.05, 4.69) is 0 Å². The second-order valence-corrected chi connectivity index (χ2v) is 6.03. The molecule has 5 heteroatoms. The van der Waals surface area contributed by atoms with Gasteiger partial charge in [0, 0.05) is 19.2 Å². The summed E-state index contributed by atoms with van der Waals surface area (Å²) in [6.07, 6.45) is 2.71. The van der Waals surface area contributed by atoms with Gasteiger partial charge in [0.1, 0.15) is 11.4 Å². The molecule has 1 fully saturated rings. The van der Waals surface area contributed by atoms with Crippen molar-refractivity contribution < 1.29 is 14.3 Å². The molecule has 1 N–H and O–H groups in total. The second kappa shape index (κ2) is 5.36. The van der Waals surface area contributed by atoms with Crippen LogP contribution in [0.4, 0.5) is 0 Å². The molecule has 1 amide bonds. The highest BCUT2D eigenvalue weighted by molar-refractivity contribution is 7.99. The van der Waals surface area contributed by atoms with Crippen LogP contribution in [0.3, 0.4) is 0 Å². The molecule has 18 heavy (non-hydrogen) atoms. The number of nitrogens with zero attached hydrogens (tertiary/aromatic N) is 1. The maximum Gasteiger partial charge on any atom is 0.254 e. The molecule has 1 saturated heterocycles. The molecule has 0 atom stereocenters. The molecular formula is C13H19NO3S. The van der Waals surface area contributed by atoms with Gasteiger partial charge in [-0.15, -0.1) is 0 Å². The van der Waals surface area contributed by atoms with Crippen molar-refractivity contribution in [2.24, 2.45) is 0 Å². The first kappa shape index (κ1) is 13.5. The summed E-state index contributed by atoms with van der Waals surface area (Å²) in [6, 6.07) is 1.86. The van der Waals surface area contributed by atoms with Gasteiger partial charge >= 0.3 is 0 Å². The third-order valence-electron chi connectivity index (χ3n) is 3.44. The Hall–Kier alpha value is -0.940. The van der Waals surface area contributed by atoms with Crippen LogP contribution in [-0.4, -0.2) is 40.1 Å². The molecule has 2 rings (SSSR count). The van der Waals surface area contributed by atoms with E-state index in [0.717, 1.165) is 22.8 Å². The lowest BCUT2D eigenvalue weighted by molar-refractivity contribution is -0.151. The first-order valence-electron chi connectivity index (χ1n) is 6.11. The Labute approximate surface area is 111 Å². The highest BCUT2D eigenvalue weighted by Gasteiger charge is 2.39. The summed E-state index contributed by atoms with van der Waals surface area (Å²) in [5, 5.41) is 10.4.